The van der Waals surface area contributed by atoms with Crippen LogP contribution in [0.25, 0.3) is 0 Å². The van der Waals surface area contributed by atoms with Crippen LogP contribution in [0.3, 0.4) is 0 Å². The van der Waals surface area contributed by atoms with Gasteiger partial charge in [-0.2, -0.15) is 5.26 Å². The molecule has 4 rings (SSSR count). The first-order chi connectivity index (χ1) is 15.1. The van der Waals surface area contributed by atoms with Crippen LogP contribution in [-0.2, 0) is 11.3 Å². The minimum absolute atomic E-state index is 0.0237. The van der Waals surface area contributed by atoms with Gasteiger partial charge in [-0.25, -0.2) is 0 Å². The zero-order valence-corrected chi connectivity index (χ0v) is 18.4. The smallest absolute Gasteiger partial charge is 0.229 e. The molecule has 3 heterocycles. The van der Waals surface area contributed by atoms with Crippen molar-refractivity contribution in [1.82, 2.24) is 9.80 Å². The lowest BCUT2D eigenvalue weighted by molar-refractivity contribution is -0.132. The molecular formula is C22H23N3O5S. The molecule has 8 nitrogen and oxygen atoms in total. The Morgan fingerprint density at radius 2 is 1.97 bits per heavy atom. The van der Waals surface area contributed by atoms with E-state index in [-0.39, 0.29) is 18.2 Å². The number of thioether (sulfide) groups is 1. The Morgan fingerprint density at radius 3 is 2.55 bits per heavy atom. The van der Waals surface area contributed by atoms with Gasteiger partial charge in [0.2, 0.25) is 11.7 Å². The summed E-state index contributed by atoms with van der Waals surface area (Å²) in [4.78, 5) is 16.9. The monoisotopic (exact) mass is 441 g/mol. The molecule has 0 aliphatic carbocycles. The van der Waals surface area contributed by atoms with Gasteiger partial charge in [-0.1, -0.05) is 11.8 Å². The van der Waals surface area contributed by atoms with Crippen molar-refractivity contribution in [1.29, 1.82) is 5.26 Å². The molecule has 162 valence electrons. The van der Waals surface area contributed by atoms with E-state index in [2.05, 4.69) is 11.0 Å². The van der Waals surface area contributed by atoms with Crippen molar-refractivity contribution in [2.45, 2.75) is 18.9 Å². The number of methoxy groups -OCH3 is 3. The van der Waals surface area contributed by atoms with Crippen LogP contribution in [0.4, 0.5) is 0 Å². The summed E-state index contributed by atoms with van der Waals surface area (Å²) < 4.78 is 21.7. The largest absolute Gasteiger partial charge is 0.493 e. The van der Waals surface area contributed by atoms with Crippen LogP contribution in [0.15, 0.2) is 45.5 Å². The molecule has 0 bridgehead atoms. The van der Waals surface area contributed by atoms with Crippen LogP contribution >= 0.6 is 11.8 Å². The normalized spacial score (nSPS) is 19.1. The van der Waals surface area contributed by atoms with Gasteiger partial charge in [0, 0.05) is 12.3 Å². The third-order valence-corrected chi connectivity index (χ3v) is 6.61. The second-order valence-corrected chi connectivity index (χ2v) is 8.12. The van der Waals surface area contributed by atoms with Gasteiger partial charge in [0.05, 0.1) is 63.4 Å². The van der Waals surface area contributed by atoms with Crippen LogP contribution in [0.5, 0.6) is 17.2 Å². The highest BCUT2D eigenvalue weighted by Gasteiger charge is 2.39. The maximum Gasteiger partial charge on any atom is 0.229 e. The van der Waals surface area contributed by atoms with Crippen molar-refractivity contribution in [3.05, 3.63) is 52.5 Å². The number of hydrogen-bond acceptors (Lipinski definition) is 8. The van der Waals surface area contributed by atoms with Crippen molar-refractivity contribution in [3.63, 3.8) is 0 Å². The lowest BCUT2D eigenvalue weighted by Gasteiger charge is -2.41. The number of rotatable bonds is 6. The molecule has 1 aromatic heterocycles. The third kappa shape index (κ3) is 3.96. The van der Waals surface area contributed by atoms with Crippen molar-refractivity contribution in [2.75, 3.05) is 33.9 Å². The molecule has 1 fully saturated rings. The van der Waals surface area contributed by atoms with E-state index in [0.29, 0.717) is 46.9 Å². The second-order valence-electron chi connectivity index (χ2n) is 7.19. The Kier molecular flexibility index (Phi) is 6.11. The topological polar surface area (TPSA) is 88.2 Å². The SMILES string of the molecule is COc1cc([C@H]2CC(=O)N3CN(Cc4ccco4)CSC3=C2C#N)cc(OC)c1OC. The molecule has 0 radical (unpaired) electrons. The van der Waals surface area contributed by atoms with E-state index in [1.807, 2.05) is 24.3 Å². The molecule has 1 saturated heterocycles. The number of nitriles is 1. The molecular weight excluding hydrogens is 418 g/mol. The van der Waals surface area contributed by atoms with E-state index >= 15 is 0 Å². The Morgan fingerprint density at radius 1 is 1.23 bits per heavy atom. The minimum Gasteiger partial charge on any atom is -0.493 e. The molecule has 1 aromatic carbocycles. The maximum atomic E-state index is 13.1. The first kappa shape index (κ1) is 21.2. The summed E-state index contributed by atoms with van der Waals surface area (Å²) in [7, 11) is 4.63. The molecule has 2 aliphatic heterocycles. The lowest BCUT2D eigenvalue weighted by atomic mass is 9.86. The van der Waals surface area contributed by atoms with E-state index in [1.165, 1.54) is 18.9 Å². The van der Waals surface area contributed by atoms with E-state index < -0.39 is 0 Å². The fourth-order valence-corrected chi connectivity index (χ4v) is 5.05. The number of carbonyl (C=O) groups excluding carboxylic acids is 1. The Balaban J connectivity index is 1.67. The van der Waals surface area contributed by atoms with Gasteiger partial charge in [0.25, 0.3) is 0 Å². The average molecular weight is 442 g/mol. The molecule has 0 N–H and O–H groups in total. The number of furan rings is 1. The molecule has 9 heteroatoms. The van der Waals surface area contributed by atoms with Crippen LogP contribution in [0.1, 0.15) is 23.7 Å². The number of hydrogen-bond donors (Lipinski definition) is 0. The van der Waals surface area contributed by atoms with Crippen molar-refractivity contribution >= 4 is 17.7 Å². The second kappa shape index (κ2) is 8.96. The number of ether oxygens (including phenoxy) is 3. The lowest BCUT2D eigenvalue weighted by Crippen LogP contribution is -2.46. The fourth-order valence-electron chi connectivity index (χ4n) is 3.92. The van der Waals surface area contributed by atoms with E-state index in [1.54, 1.807) is 25.4 Å². The van der Waals surface area contributed by atoms with Crippen molar-refractivity contribution in [2.24, 2.45) is 0 Å². The Labute approximate surface area is 184 Å². The molecule has 0 saturated carbocycles. The Bertz CT molecular complexity index is 1020. The van der Waals surface area contributed by atoms with Gasteiger partial charge in [-0.05, 0) is 29.8 Å². The molecule has 1 atom stereocenters. The first-order valence-electron chi connectivity index (χ1n) is 9.71. The van der Waals surface area contributed by atoms with Crippen LogP contribution in [0, 0.1) is 11.3 Å². The molecule has 0 unspecified atom stereocenters. The summed E-state index contributed by atoms with van der Waals surface area (Å²) in [6.07, 6.45) is 1.83. The van der Waals surface area contributed by atoms with Gasteiger partial charge < -0.3 is 18.6 Å². The van der Waals surface area contributed by atoms with Crippen LogP contribution < -0.4 is 14.2 Å². The summed E-state index contributed by atoms with van der Waals surface area (Å²) in [6.45, 7) is 1.03. The van der Waals surface area contributed by atoms with Crippen molar-refractivity contribution < 1.29 is 23.4 Å². The molecule has 2 aromatic rings. The van der Waals surface area contributed by atoms with E-state index in [9.17, 15) is 10.1 Å². The minimum atomic E-state index is -0.374. The van der Waals surface area contributed by atoms with Gasteiger partial charge in [-0.3, -0.25) is 14.6 Å². The van der Waals surface area contributed by atoms with Crippen LogP contribution in [0.2, 0.25) is 0 Å². The van der Waals surface area contributed by atoms with Gasteiger partial charge in [0.15, 0.2) is 11.5 Å². The zero-order chi connectivity index (χ0) is 22.0. The van der Waals surface area contributed by atoms with Crippen LogP contribution in [-0.4, -0.2) is 49.6 Å². The Hall–Kier alpha value is -3.09. The number of benzene rings is 1. The molecule has 1 amide bonds. The number of amides is 1. The zero-order valence-electron chi connectivity index (χ0n) is 17.6. The molecule has 31 heavy (non-hydrogen) atoms. The van der Waals surface area contributed by atoms with E-state index in [0.717, 1.165) is 11.3 Å². The molecule has 2 aliphatic rings. The fraction of sp³-hybridized carbons (Fsp3) is 0.364. The third-order valence-electron chi connectivity index (χ3n) is 5.40. The maximum absolute atomic E-state index is 13.1. The number of carbonyl (C=O) groups is 1. The van der Waals surface area contributed by atoms with E-state index in [4.69, 9.17) is 18.6 Å². The van der Waals surface area contributed by atoms with Gasteiger partial charge >= 0.3 is 0 Å². The number of nitrogens with zero attached hydrogens (tertiary/aromatic N) is 3. The summed E-state index contributed by atoms with van der Waals surface area (Å²) in [5.74, 6) is 2.57. The highest BCUT2D eigenvalue weighted by molar-refractivity contribution is 8.03. The van der Waals surface area contributed by atoms with Gasteiger partial charge in [-0.15, -0.1) is 0 Å². The highest BCUT2D eigenvalue weighted by atomic mass is 32.2. The first-order valence-corrected chi connectivity index (χ1v) is 10.7. The summed E-state index contributed by atoms with van der Waals surface area (Å²) in [5, 5.41) is 10.7. The highest BCUT2D eigenvalue weighted by Crippen LogP contribution is 2.46. The number of allylic oxidation sites excluding steroid dienone is 1. The summed E-state index contributed by atoms with van der Waals surface area (Å²) in [6, 6.07) is 9.73. The predicted octanol–water partition coefficient (Wildman–Crippen LogP) is 3.52. The van der Waals surface area contributed by atoms with Crippen molar-refractivity contribution in [3.8, 4) is 23.3 Å². The molecule has 0 spiro atoms. The summed E-state index contributed by atoms with van der Waals surface area (Å²) in [5.41, 5.74) is 1.36. The van der Waals surface area contributed by atoms with Gasteiger partial charge in [0.1, 0.15) is 5.76 Å². The number of fused-ring (bicyclic) bond motifs is 1. The summed E-state index contributed by atoms with van der Waals surface area (Å²) >= 11 is 1.50. The average Bonchev–Trinajstić information content (AvgIpc) is 3.31. The standard InChI is InChI=1S/C22H23N3O5S/c1-27-18-7-14(8-19(28-2)21(18)29-3)16-9-20(26)25-12-24(11-15-5-4-6-30-15)13-31-22(25)17(16)10-23/h4-8,16H,9,11-13H2,1-3H3/t16-/m1/s1. The predicted molar refractivity (Wildman–Crippen MR) is 115 cm³/mol. The quantitative estimate of drug-likeness (QED) is 0.673.